The van der Waals surface area contributed by atoms with Gasteiger partial charge in [-0.2, -0.15) is 0 Å². The van der Waals surface area contributed by atoms with Gasteiger partial charge in [0.05, 0.1) is 6.54 Å². The van der Waals surface area contributed by atoms with E-state index < -0.39 is 12.2 Å². The molecule has 0 bridgehead atoms. The van der Waals surface area contributed by atoms with Gasteiger partial charge in [0.1, 0.15) is 0 Å². The first-order chi connectivity index (χ1) is 13.0. The van der Waals surface area contributed by atoms with Gasteiger partial charge in [-0.1, -0.05) is 23.7 Å². The highest BCUT2D eigenvalue weighted by molar-refractivity contribution is 6.30. The largest absolute Gasteiger partial charge is 0.434 e. The van der Waals surface area contributed by atoms with Crippen LogP contribution in [0.4, 0.5) is 4.79 Å². The molecule has 0 saturated carbocycles. The number of rotatable bonds is 6. The summed E-state index contributed by atoms with van der Waals surface area (Å²) in [6, 6.07) is 7.21. The highest BCUT2D eigenvalue weighted by atomic mass is 35.5. The molecule has 8 nitrogen and oxygen atoms in total. The summed E-state index contributed by atoms with van der Waals surface area (Å²) >= 11 is 6.03. The Labute approximate surface area is 162 Å². The number of benzene rings is 1. The number of halogens is 1. The molecule has 2 aliphatic rings. The lowest BCUT2D eigenvalue weighted by atomic mass is 10.2. The first kappa shape index (κ1) is 19.4. The van der Waals surface area contributed by atoms with Crippen LogP contribution < -0.4 is 10.6 Å². The van der Waals surface area contributed by atoms with E-state index in [2.05, 4.69) is 10.6 Å². The second-order valence-electron chi connectivity index (χ2n) is 6.55. The minimum atomic E-state index is -0.869. The topological polar surface area (TPSA) is 91.0 Å². The van der Waals surface area contributed by atoms with E-state index in [-0.39, 0.29) is 31.3 Å². The molecular weight excluding hydrogens is 372 g/mol. The maximum absolute atomic E-state index is 12.8. The van der Waals surface area contributed by atoms with Crippen molar-refractivity contribution in [1.82, 2.24) is 20.4 Å². The monoisotopic (exact) mass is 394 g/mol. The molecule has 0 aromatic heterocycles. The van der Waals surface area contributed by atoms with E-state index in [0.29, 0.717) is 24.7 Å². The van der Waals surface area contributed by atoms with E-state index in [4.69, 9.17) is 16.3 Å². The Balaban J connectivity index is 1.65. The van der Waals surface area contributed by atoms with Crippen molar-refractivity contribution >= 4 is 29.5 Å². The Hall–Kier alpha value is -2.32. The standard InChI is InChI=1S/C18H23ClN4O4/c19-14-3-1-2-13(10-14)12-23(17(25)15-11-21-18(26)27-15)7-4-16(24)22-8-5-20-6-9-22/h1-3,10,15,20H,4-9,11-12H2,(H,21,26)/t15-/m0/s1. The van der Waals surface area contributed by atoms with Crippen LogP contribution in [-0.2, 0) is 20.9 Å². The third kappa shape index (κ3) is 5.33. The lowest BCUT2D eigenvalue weighted by molar-refractivity contribution is -0.140. The average molecular weight is 395 g/mol. The molecule has 146 valence electrons. The van der Waals surface area contributed by atoms with Crippen LogP contribution in [-0.4, -0.2) is 73.1 Å². The lowest BCUT2D eigenvalue weighted by Gasteiger charge is -2.29. The minimum absolute atomic E-state index is 0.0157. The van der Waals surface area contributed by atoms with Crippen LogP contribution in [0, 0.1) is 0 Å². The molecule has 9 heteroatoms. The number of nitrogens with zero attached hydrogens (tertiary/aromatic N) is 2. The summed E-state index contributed by atoms with van der Waals surface area (Å²) in [5.41, 5.74) is 0.850. The first-order valence-electron chi connectivity index (χ1n) is 8.99. The number of nitrogens with one attached hydrogen (secondary N) is 2. The second kappa shape index (κ2) is 9.05. The summed E-state index contributed by atoms with van der Waals surface area (Å²) < 4.78 is 5.02. The molecule has 2 heterocycles. The molecule has 1 aromatic carbocycles. The predicted octanol–water partition coefficient (Wildman–Crippen LogP) is 0.599. The van der Waals surface area contributed by atoms with E-state index in [1.165, 1.54) is 0 Å². The fraction of sp³-hybridized carbons (Fsp3) is 0.500. The van der Waals surface area contributed by atoms with Crippen molar-refractivity contribution in [3.8, 4) is 0 Å². The fourth-order valence-electron chi connectivity index (χ4n) is 3.16. The van der Waals surface area contributed by atoms with Crippen LogP contribution in [0.2, 0.25) is 5.02 Å². The zero-order chi connectivity index (χ0) is 19.2. The molecule has 1 aromatic rings. The van der Waals surface area contributed by atoms with Gasteiger partial charge in [-0.05, 0) is 17.7 Å². The molecule has 0 aliphatic carbocycles. The van der Waals surface area contributed by atoms with E-state index >= 15 is 0 Å². The SMILES string of the molecule is O=C1NC[C@@H](C(=O)N(CCC(=O)N2CCNCC2)Cc2cccc(Cl)c2)O1. The van der Waals surface area contributed by atoms with E-state index in [1.807, 2.05) is 12.1 Å². The molecule has 2 N–H and O–H groups in total. The summed E-state index contributed by atoms with van der Waals surface area (Å²) in [5, 5.41) is 6.26. The number of carbonyl (C=O) groups excluding carboxylic acids is 3. The van der Waals surface area contributed by atoms with Crippen LogP contribution in [0.5, 0.6) is 0 Å². The van der Waals surface area contributed by atoms with Gasteiger partial charge < -0.3 is 25.2 Å². The molecule has 2 saturated heterocycles. The molecule has 3 rings (SSSR count). The normalized spacial score (nSPS) is 19.4. The molecule has 2 aliphatic heterocycles. The van der Waals surface area contributed by atoms with Crippen LogP contribution in [0.15, 0.2) is 24.3 Å². The third-order valence-electron chi connectivity index (χ3n) is 4.60. The number of amides is 3. The zero-order valence-electron chi connectivity index (χ0n) is 14.9. The molecule has 27 heavy (non-hydrogen) atoms. The number of cyclic esters (lactones) is 1. The lowest BCUT2D eigenvalue weighted by Crippen LogP contribution is -2.48. The highest BCUT2D eigenvalue weighted by Gasteiger charge is 2.33. The number of alkyl carbamates (subject to hydrolysis) is 1. The smallest absolute Gasteiger partial charge is 0.408 e. The Kier molecular flexibility index (Phi) is 6.52. The number of piperazine rings is 1. The van der Waals surface area contributed by atoms with Crippen molar-refractivity contribution in [2.24, 2.45) is 0 Å². The van der Waals surface area contributed by atoms with Gasteiger partial charge in [0.25, 0.3) is 5.91 Å². The van der Waals surface area contributed by atoms with Crippen LogP contribution in [0.3, 0.4) is 0 Å². The Morgan fingerprint density at radius 3 is 2.74 bits per heavy atom. The third-order valence-corrected chi connectivity index (χ3v) is 4.83. The fourth-order valence-corrected chi connectivity index (χ4v) is 3.37. The summed E-state index contributed by atoms with van der Waals surface area (Å²) in [5.74, 6) is -0.302. The summed E-state index contributed by atoms with van der Waals surface area (Å²) in [6.07, 6.45) is -1.25. The molecule has 0 unspecified atom stereocenters. The molecule has 2 fully saturated rings. The van der Waals surface area contributed by atoms with Gasteiger partial charge in [0, 0.05) is 50.7 Å². The van der Waals surface area contributed by atoms with Crippen molar-refractivity contribution in [3.63, 3.8) is 0 Å². The van der Waals surface area contributed by atoms with Crippen molar-refractivity contribution in [3.05, 3.63) is 34.9 Å². The number of ether oxygens (including phenoxy) is 1. The van der Waals surface area contributed by atoms with Gasteiger partial charge in [-0.15, -0.1) is 0 Å². The maximum Gasteiger partial charge on any atom is 0.408 e. The first-order valence-corrected chi connectivity index (χ1v) is 9.37. The van der Waals surface area contributed by atoms with Gasteiger partial charge in [-0.3, -0.25) is 9.59 Å². The van der Waals surface area contributed by atoms with Crippen molar-refractivity contribution < 1.29 is 19.1 Å². The number of hydrogen-bond donors (Lipinski definition) is 2. The van der Waals surface area contributed by atoms with Crippen molar-refractivity contribution in [2.45, 2.75) is 19.1 Å². The van der Waals surface area contributed by atoms with Crippen molar-refractivity contribution in [1.29, 1.82) is 0 Å². The summed E-state index contributed by atoms with van der Waals surface area (Å²) in [7, 11) is 0. The maximum atomic E-state index is 12.8. The number of hydrogen-bond acceptors (Lipinski definition) is 5. The van der Waals surface area contributed by atoms with Crippen LogP contribution in [0.1, 0.15) is 12.0 Å². The Bertz CT molecular complexity index is 708. The highest BCUT2D eigenvalue weighted by Crippen LogP contribution is 2.15. The van der Waals surface area contributed by atoms with Gasteiger partial charge in [0.15, 0.2) is 6.10 Å². The predicted molar refractivity (Wildman–Crippen MR) is 99.2 cm³/mol. The van der Waals surface area contributed by atoms with E-state index in [1.54, 1.807) is 21.9 Å². The van der Waals surface area contributed by atoms with Gasteiger partial charge in [-0.25, -0.2) is 4.79 Å². The van der Waals surface area contributed by atoms with Crippen LogP contribution >= 0.6 is 11.6 Å². The average Bonchev–Trinajstić information content (AvgIpc) is 3.11. The molecular formula is C18H23ClN4O4. The van der Waals surface area contributed by atoms with Gasteiger partial charge in [0.2, 0.25) is 5.91 Å². The minimum Gasteiger partial charge on any atom is -0.434 e. The Morgan fingerprint density at radius 1 is 1.30 bits per heavy atom. The number of carbonyl (C=O) groups is 3. The molecule has 1 atom stereocenters. The summed E-state index contributed by atoms with van der Waals surface area (Å²) in [4.78, 5) is 39.9. The van der Waals surface area contributed by atoms with E-state index in [9.17, 15) is 14.4 Å². The Morgan fingerprint density at radius 2 is 2.07 bits per heavy atom. The summed E-state index contributed by atoms with van der Waals surface area (Å²) in [6.45, 7) is 3.58. The molecule has 0 spiro atoms. The molecule has 0 radical (unpaired) electrons. The van der Waals surface area contributed by atoms with E-state index in [0.717, 1.165) is 18.7 Å². The molecule has 3 amide bonds. The quantitative estimate of drug-likeness (QED) is 0.737. The zero-order valence-corrected chi connectivity index (χ0v) is 15.7. The van der Waals surface area contributed by atoms with Crippen LogP contribution in [0.25, 0.3) is 0 Å². The van der Waals surface area contributed by atoms with Crippen molar-refractivity contribution in [2.75, 3.05) is 39.3 Å². The van der Waals surface area contributed by atoms with Gasteiger partial charge >= 0.3 is 6.09 Å². The second-order valence-corrected chi connectivity index (χ2v) is 6.98.